The van der Waals surface area contributed by atoms with Crippen LogP contribution in [0, 0.1) is 11.8 Å². The molecule has 2 rings (SSSR count). The summed E-state index contributed by atoms with van der Waals surface area (Å²) in [4.78, 5) is 2.87. The van der Waals surface area contributed by atoms with E-state index < -0.39 is 0 Å². The van der Waals surface area contributed by atoms with E-state index in [1.165, 1.54) is 45.2 Å². The van der Waals surface area contributed by atoms with Crippen LogP contribution < -0.4 is 5.32 Å². The first-order chi connectivity index (χ1) is 8.63. The van der Waals surface area contributed by atoms with Gasteiger partial charge in [-0.2, -0.15) is 0 Å². The Hall–Kier alpha value is -0.0800. The van der Waals surface area contributed by atoms with Gasteiger partial charge < -0.3 is 5.32 Å². The zero-order valence-corrected chi connectivity index (χ0v) is 12.8. The third-order valence-electron chi connectivity index (χ3n) is 5.17. The van der Waals surface area contributed by atoms with Gasteiger partial charge in [-0.15, -0.1) is 0 Å². The molecule has 0 spiro atoms. The summed E-state index contributed by atoms with van der Waals surface area (Å²) < 4.78 is 0. The summed E-state index contributed by atoms with van der Waals surface area (Å²) in [6.07, 6.45) is 7.18. The lowest BCUT2D eigenvalue weighted by Gasteiger charge is -2.49. The summed E-state index contributed by atoms with van der Waals surface area (Å²) in [5.74, 6) is 1.72. The monoisotopic (exact) mass is 252 g/mol. The van der Waals surface area contributed by atoms with Crippen LogP contribution in [0.4, 0.5) is 0 Å². The van der Waals surface area contributed by atoms with Crippen LogP contribution in [0.1, 0.15) is 59.8 Å². The van der Waals surface area contributed by atoms with Crippen molar-refractivity contribution < 1.29 is 0 Å². The number of hydrogen-bond donors (Lipinski definition) is 1. The van der Waals surface area contributed by atoms with E-state index >= 15 is 0 Å². The Bertz CT molecular complexity index is 251. The highest BCUT2D eigenvalue weighted by Gasteiger charge is 2.37. The van der Waals surface area contributed by atoms with E-state index in [4.69, 9.17) is 0 Å². The lowest BCUT2D eigenvalue weighted by Crippen LogP contribution is -2.62. The minimum Gasteiger partial charge on any atom is -0.311 e. The third-order valence-corrected chi connectivity index (χ3v) is 5.17. The van der Waals surface area contributed by atoms with Gasteiger partial charge in [0.15, 0.2) is 0 Å². The molecule has 0 aromatic carbocycles. The van der Waals surface area contributed by atoms with E-state index in [9.17, 15) is 0 Å². The van der Waals surface area contributed by atoms with Gasteiger partial charge in [0.25, 0.3) is 0 Å². The van der Waals surface area contributed by atoms with Gasteiger partial charge >= 0.3 is 0 Å². The second-order valence-electron chi connectivity index (χ2n) is 6.84. The maximum absolute atomic E-state index is 3.67. The second kappa shape index (κ2) is 6.38. The van der Waals surface area contributed by atoms with Gasteiger partial charge in [-0.25, -0.2) is 0 Å². The number of hydrogen-bond acceptors (Lipinski definition) is 2. The topological polar surface area (TPSA) is 15.3 Å². The molecule has 0 amide bonds. The summed E-state index contributed by atoms with van der Waals surface area (Å²) in [5, 5.41) is 3.67. The molecule has 2 aliphatic rings. The van der Waals surface area contributed by atoms with Crippen molar-refractivity contribution >= 4 is 0 Å². The van der Waals surface area contributed by atoms with Gasteiger partial charge in [0.05, 0.1) is 0 Å². The summed E-state index contributed by atoms with van der Waals surface area (Å²) in [7, 11) is 0. The first-order valence-corrected chi connectivity index (χ1v) is 8.12. The molecule has 106 valence electrons. The molecule has 0 bridgehead atoms. The van der Waals surface area contributed by atoms with Crippen LogP contribution in [-0.4, -0.2) is 36.1 Å². The number of nitrogens with zero attached hydrogens (tertiary/aromatic N) is 1. The maximum Gasteiger partial charge on any atom is 0.0247 e. The predicted octanol–water partition coefficient (Wildman–Crippen LogP) is 3.27. The highest BCUT2D eigenvalue weighted by Crippen LogP contribution is 2.33. The van der Waals surface area contributed by atoms with Crippen molar-refractivity contribution in [3.8, 4) is 0 Å². The second-order valence-corrected chi connectivity index (χ2v) is 6.84. The molecule has 4 unspecified atom stereocenters. The molecule has 1 saturated carbocycles. The smallest absolute Gasteiger partial charge is 0.0247 e. The molecule has 1 saturated heterocycles. The Morgan fingerprint density at radius 1 is 1.22 bits per heavy atom. The van der Waals surface area contributed by atoms with Crippen LogP contribution in [0.25, 0.3) is 0 Å². The average Bonchev–Trinajstić information content (AvgIpc) is 2.38. The van der Waals surface area contributed by atoms with Crippen molar-refractivity contribution in [3.63, 3.8) is 0 Å². The molecule has 0 aromatic rings. The lowest BCUT2D eigenvalue weighted by molar-refractivity contribution is 0.0135. The van der Waals surface area contributed by atoms with E-state index in [0.717, 1.165) is 23.9 Å². The Morgan fingerprint density at radius 2 is 1.94 bits per heavy atom. The normalized spacial score (nSPS) is 39.2. The van der Waals surface area contributed by atoms with Crippen LogP contribution in [0.15, 0.2) is 0 Å². The van der Waals surface area contributed by atoms with Gasteiger partial charge in [-0.3, -0.25) is 4.90 Å². The molecule has 4 atom stereocenters. The van der Waals surface area contributed by atoms with Crippen LogP contribution in [0.3, 0.4) is 0 Å². The molecule has 18 heavy (non-hydrogen) atoms. The van der Waals surface area contributed by atoms with Gasteiger partial charge in [0.1, 0.15) is 0 Å². The molecule has 0 aromatic heterocycles. The highest BCUT2D eigenvalue weighted by molar-refractivity contribution is 4.93. The predicted molar refractivity (Wildman–Crippen MR) is 78.8 cm³/mol. The van der Waals surface area contributed by atoms with Crippen molar-refractivity contribution in [2.45, 2.75) is 77.9 Å². The van der Waals surface area contributed by atoms with Crippen molar-refractivity contribution in [2.75, 3.05) is 13.1 Å². The van der Waals surface area contributed by atoms with Crippen LogP contribution in [0.5, 0.6) is 0 Å². The Kier molecular flexibility index (Phi) is 5.08. The third kappa shape index (κ3) is 3.08. The van der Waals surface area contributed by atoms with E-state index in [2.05, 4.69) is 37.9 Å². The van der Waals surface area contributed by atoms with Crippen molar-refractivity contribution in [1.29, 1.82) is 0 Å². The molecule has 1 aliphatic heterocycles. The van der Waals surface area contributed by atoms with E-state index in [1.807, 2.05) is 0 Å². The maximum atomic E-state index is 3.67. The highest BCUT2D eigenvalue weighted by atomic mass is 15.3. The first kappa shape index (κ1) is 14.3. The van der Waals surface area contributed by atoms with Crippen LogP contribution >= 0.6 is 0 Å². The fourth-order valence-corrected chi connectivity index (χ4v) is 4.06. The Morgan fingerprint density at radius 3 is 2.61 bits per heavy atom. The van der Waals surface area contributed by atoms with E-state index in [1.54, 1.807) is 0 Å². The number of nitrogens with one attached hydrogen (secondary N) is 1. The number of rotatable bonds is 3. The molecule has 2 nitrogen and oxygen atoms in total. The van der Waals surface area contributed by atoms with E-state index in [0.29, 0.717) is 6.04 Å². The fourth-order valence-electron chi connectivity index (χ4n) is 4.06. The molecule has 1 heterocycles. The van der Waals surface area contributed by atoms with Gasteiger partial charge in [-0.1, -0.05) is 40.0 Å². The Balaban J connectivity index is 2.10. The van der Waals surface area contributed by atoms with Gasteiger partial charge in [0.2, 0.25) is 0 Å². The molecule has 2 fully saturated rings. The zero-order chi connectivity index (χ0) is 13.1. The Labute approximate surface area is 114 Å². The van der Waals surface area contributed by atoms with Crippen molar-refractivity contribution in [3.05, 3.63) is 0 Å². The van der Waals surface area contributed by atoms with Crippen LogP contribution in [-0.2, 0) is 0 Å². The van der Waals surface area contributed by atoms with Crippen molar-refractivity contribution in [2.24, 2.45) is 11.8 Å². The fraction of sp³-hybridized carbons (Fsp3) is 1.00. The summed E-state index contributed by atoms with van der Waals surface area (Å²) in [5.41, 5.74) is 0. The quantitative estimate of drug-likeness (QED) is 0.829. The van der Waals surface area contributed by atoms with Gasteiger partial charge in [-0.05, 0) is 31.6 Å². The van der Waals surface area contributed by atoms with Crippen LogP contribution in [0.2, 0.25) is 0 Å². The average molecular weight is 252 g/mol. The summed E-state index contributed by atoms with van der Waals surface area (Å²) in [6, 6.07) is 2.28. The SMILES string of the molecule is CCC1CCCCC1N1CC(C)NCC1C(C)C. The molecule has 0 radical (unpaired) electrons. The molecule has 1 aliphatic carbocycles. The zero-order valence-electron chi connectivity index (χ0n) is 12.8. The standard InChI is InChI=1S/C16H32N2/c1-5-14-8-6-7-9-15(14)18-11-13(4)17-10-16(18)12(2)3/h12-17H,5-11H2,1-4H3. The lowest BCUT2D eigenvalue weighted by atomic mass is 9.80. The van der Waals surface area contributed by atoms with Gasteiger partial charge in [0, 0.05) is 31.2 Å². The molecule has 2 heteroatoms. The summed E-state index contributed by atoms with van der Waals surface area (Å²) >= 11 is 0. The molecular weight excluding hydrogens is 220 g/mol. The molecular formula is C16H32N2. The first-order valence-electron chi connectivity index (χ1n) is 8.12. The number of piperazine rings is 1. The largest absolute Gasteiger partial charge is 0.311 e. The summed E-state index contributed by atoms with van der Waals surface area (Å²) in [6.45, 7) is 11.9. The minimum absolute atomic E-state index is 0.666. The van der Waals surface area contributed by atoms with E-state index in [-0.39, 0.29) is 0 Å². The molecule has 1 N–H and O–H groups in total. The van der Waals surface area contributed by atoms with Crippen molar-refractivity contribution in [1.82, 2.24) is 10.2 Å². The minimum atomic E-state index is 0.666.